The van der Waals surface area contributed by atoms with Gasteiger partial charge in [0.1, 0.15) is 0 Å². The van der Waals surface area contributed by atoms with Gasteiger partial charge in [0.05, 0.1) is 0 Å². The van der Waals surface area contributed by atoms with Crippen molar-refractivity contribution in [3.8, 4) is 0 Å². The Morgan fingerprint density at radius 3 is 2.48 bits per heavy atom. The predicted octanol–water partition coefficient (Wildman–Crippen LogP) is 3.84. The molecule has 4 heteroatoms. The van der Waals surface area contributed by atoms with Crippen LogP contribution in [0.3, 0.4) is 0 Å². The summed E-state index contributed by atoms with van der Waals surface area (Å²) in [6.45, 7) is 4.33. The molecule has 0 atom stereocenters. The second-order valence-electron chi connectivity index (χ2n) is 5.41. The van der Waals surface area contributed by atoms with E-state index < -0.39 is 0 Å². The highest BCUT2D eigenvalue weighted by Crippen LogP contribution is 2.14. The molecule has 0 unspecified atom stereocenters. The second-order valence-corrected chi connectivity index (χ2v) is 6.29. The van der Waals surface area contributed by atoms with E-state index in [1.54, 1.807) is 11.8 Å². The van der Waals surface area contributed by atoms with Crippen molar-refractivity contribution in [2.75, 3.05) is 12.8 Å². The molecule has 0 aliphatic heterocycles. The van der Waals surface area contributed by atoms with Crippen LogP contribution in [-0.4, -0.2) is 18.7 Å². The lowest BCUT2D eigenvalue weighted by atomic mass is 10.1. The fraction of sp³-hybridized carbons (Fsp3) is 0.316. The van der Waals surface area contributed by atoms with Crippen LogP contribution >= 0.6 is 11.8 Å². The van der Waals surface area contributed by atoms with Crippen molar-refractivity contribution < 1.29 is 4.79 Å². The zero-order chi connectivity index (χ0) is 16.5. The molecule has 0 fully saturated rings. The highest BCUT2D eigenvalue weighted by Gasteiger charge is 2.05. The molecule has 0 aromatic heterocycles. The van der Waals surface area contributed by atoms with Gasteiger partial charge < -0.3 is 10.6 Å². The Bertz CT molecular complexity index is 626. The average Bonchev–Trinajstić information content (AvgIpc) is 2.60. The van der Waals surface area contributed by atoms with Crippen molar-refractivity contribution in [2.45, 2.75) is 31.3 Å². The summed E-state index contributed by atoms with van der Waals surface area (Å²) < 4.78 is 0. The zero-order valence-corrected chi connectivity index (χ0v) is 14.6. The Hall–Kier alpha value is -1.78. The first-order valence-corrected chi connectivity index (χ1v) is 9.16. The van der Waals surface area contributed by atoms with Crippen molar-refractivity contribution in [2.24, 2.45) is 0 Å². The third-order valence-corrected chi connectivity index (χ3v) is 4.29. The van der Waals surface area contributed by atoms with Gasteiger partial charge in [-0.2, -0.15) is 0 Å². The van der Waals surface area contributed by atoms with E-state index in [1.165, 1.54) is 10.5 Å². The van der Waals surface area contributed by atoms with Crippen LogP contribution in [0.2, 0.25) is 0 Å². The zero-order valence-electron chi connectivity index (χ0n) is 13.8. The Balaban J connectivity index is 1.86. The van der Waals surface area contributed by atoms with Gasteiger partial charge in [-0.15, -0.1) is 11.8 Å². The minimum atomic E-state index is 0.00125. The van der Waals surface area contributed by atoms with Crippen molar-refractivity contribution >= 4 is 17.7 Å². The maximum Gasteiger partial charge on any atom is 0.251 e. The average molecular weight is 328 g/mol. The Kier molecular flexibility index (Phi) is 7.17. The maximum absolute atomic E-state index is 12.0. The van der Waals surface area contributed by atoms with Gasteiger partial charge in [-0.3, -0.25) is 4.79 Å². The molecule has 0 aliphatic rings. The van der Waals surface area contributed by atoms with E-state index in [0.29, 0.717) is 6.54 Å². The highest BCUT2D eigenvalue weighted by molar-refractivity contribution is 7.98. The molecule has 0 saturated carbocycles. The molecule has 0 saturated heterocycles. The molecule has 2 rings (SSSR count). The summed E-state index contributed by atoms with van der Waals surface area (Å²) in [5, 5.41) is 6.33. The number of carbonyl (C=O) groups is 1. The highest BCUT2D eigenvalue weighted by atomic mass is 32.2. The van der Waals surface area contributed by atoms with Gasteiger partial charge in [0.25, 0.3) is 5.91 Å². The molecule has 0 radical (unpaired) electrons. The van der Waals surface area contributed by atoms with Crippen LogP contribution in [-0.2, 0) is 13.1 Å². The number of nitrogens with one attached hydrogen (secondary N) is 2. The summed E-state index contributed by atoms with van der Waals surface area (Å²) in [6, 6.07) is 16.4. The molecular formula is C19H24N2OS. The van der Waals surface area contributed by atoms with Gasteiger partial charge in [0.15, 0.2) is 0 Å². The summed E-state index contributed by atoms with van der Waals surface area (Å²) in [4.78, 5) is 13.3. The number of rotatable bonds is 8. The first kappa shape index (κ1) is 17.6. The van der Waals surface area contributed by atoms with Gasteiger partial charge in [-0.25, -0.2) is 0 Å². The molecule has 2 N–H and O–H groups in total. The predicted molar refractivity (Wildman–Crippen MR) is 97.8 cm³/mol. The molecule has 2 aromatic carbocycles. The standard InChI is InChI=1S/C19H24N2OS/c1-3-11-21-19(22)17-6-4-5-16(12-17)14-20-13-15-7-9-18(23-2)10-8-15/h4-10,12,20H,3,11,13-14H2,1-2H3,(H,21,22). The topological polar surface area (TPSA) is 41.1 Å². The summed E-state index contributed by atoms with van der Waals surface area (Å²) in [5.74, 6) is 0.00125. The fourth-order valence-electron chi connectivity index (χ4n) is 2.26. The van der Waals surface area contributed by atoms with Gasteiger partial charge in [0.2, 0.25) is 0 Å². The van der Waals surface area contributed by atoms with Gasteiger partial charge in [0, 0.05) is 30.1 Å². The van der Waals surface area contributed by atoms with Crippen LogP contribution in [0.5, 0.6) is 0 Å². The Morgan fingerprint density at radius 1 is 1.04 bits per heavy atom. The van der Waals surface area contributed by atoms with E-state index >= 15 is 0 Å². The minimum Gasteiger partial charge on any atom is -0.352 e. The molecule has 2 aromatic rings. The quantitative estimate of drug-likeness (QED) is 0.724. The van der Waals surface area contributed by atoms with E-state index in [2.05, 4.69) is 41.2 Å². The van der Waals surface area contributed by atoms with E-state index in [9.17, 15) is 4.79 Å². The summed E-state index contributed by atoms with van der Waals surface area (Å²) in [7, 11) is 0. The molecule has 0 aliphatic carbocycles. The van der Waals surface area contributed by atoms with Crippen LogP contribution in [0.4, 0.5) is 0 Å². The smallest absolute Gasteiger partial charge is 0.251 e. The second kappa shape index (κ2) is 9.38. The number of carbonyl (C=O) groups excluding carboxylic acids is 1. The van der Waals surface area contributed by atoms with Crippen LogP contribution in [0.25, 0.3) is 0 Å². The van der Waals surface area contributed by atoms with Crippen molar-refractivity contribution in [3.05, 3.63) is 65.2 Å². The van der Waals surface area contributed by atoms with Crippen molar-refractivity contribution in [1.29, 1.82) is 0 Å². The minimum absolute atomic E-state index is 0.00125. The first-order chi connectivity index (χ1) is 11.2. The number of hydrogen-bond donors (Lipinski definition) is 2. The number of amides is 1. The number of hydrogen-bond acceptors (Lipinski definition) is 3. The summed E-state index contributed by atoms with van der Waals surface area (Å²) in [6.07, 6.45) is 3.03. The van der Waals surface area contributed by atoms with E-state index in [0.717, 1.165) is 30.6 Å². The fourth-order valence-corrected chi connectivity index (χ4v) is 2.67. The lowest BCUT2D eigenvalue weighted by Gasteiger charge is -2.08. The molecular weight excluding hydrogens is 304 g/mol. The maximum atomic E-state index is 12.0. The Morgan fingerprint density at radius 2 is 1.78 bits per heavy atom. The lowest BCUT2D eigenvalue weighted by Crippen LogP contribution is -2.24. The van der Waals surface area contributed by atoms with Gasteiger partial charge in [-0.1, -0.05) is 31.2 Å². The van der Waals surface area contributed by atoms with E-state index in [1.807, 2.05) is 31.2 Å². The third kappa shape index (κ3) is 5.73. The third-order valence-electron chi connectivity index (χ3n) is 3.54. The van der Waals surface area contributed by atoms with Crippen LogP contribution in [0.1, 0.15) is 34.8 Å². The monoisotopic (exact) mass is 328 g/mol. The lowest BCUT2D eigenvalue weighted by molar-refractivity contribution is 0.0953. The Labute approximate surface area is 142 Å². The largest absolute Gasteiger partial charge is 0.352 e. The molecule has 122 valence electrons. The normalized spacial score (nSPS) is 10.5. The van der Waals surface area contributed by atoms with Gasteiger partial charge >= 0.3 is 0 Å². The number of thioether (sulfide) groups is 1. The summed E-state index contributed by atoms with van der Waals surface area (Å²) >= 11 is 1.75. The molecule has 3 nitrogen and oxygen atoms in total. The van der Waals surface area contributed by atoms with Crippen molar-refractivity contribution in [1.82, 2.24) is 10.6 Å². The molecule has 0 spiro atoms. The van der Waals surface area contributed by atoms with Crippen LogP contribution in [0, 0.1) is 0 Å². The molecule has 0 heterocycles. The first-order valence-electron chi connectivity index (χ1n) is 7.93. The SMILES string of the molecule is CCCNC(=O)c1cccc(CNCc2ccc(SC)cc2)c1. The van der Waals surface area contributed by atoms with Crippen LogP contribution < -0.4 is 10.6 Å². The molecule has 1 amide bonds. The summed E-state index contributed by atoms with van der Waals surface area (Å²) in [5.41, 5.74) is 3.11. The molecule has 0 bridgehead atoms. The van der Waals surface area contributed by atoms with Crippen LogP contribution in [0.15, 0.2) is 53.4 Å². The van der Waals surface area contributed by atoms with E-state index in [-0.39, 0.29) is 5.91 Å². The van der Waals surface area contributed by atoms with Gasteiger partial charge in [-0.05, 0) is 48.1 Å². The number of benzene rings is 2. The van der Waals surface area contributed by atoms with E-state index in [4.69, 9.17) is 0 Å². The van der Waals surface area contributed by atoms with Crippen molar-refractivity contribution in [3.63, 3.8) is 0 Å². The molecule has 23 heavy (non-hydrogen) atoms.